The zero-order valence-corrected chi connectivity index (χ0v) is 22.1. The number of hydrogen-bond donors (Lipinski definition) is 1. The van der Waals surface area contributed by atoms with Gasteiger partial charge in [-0.1, -0.05) is 59.6 Å². The fourth-order valence-corrected chi connectivity index (χ4v) is 5.43. The van der Waals surface area contributed by atoms with Crippen molar-refractivity contribution in [1.29, 1.82) is 0 Å². The molecule has 2 aliphatic heterocycles. The number of benzene rings is 3. The van der Waals surface area contributed by atoms with Gasteiger partial charge in [-0.25, -0.2) is 13.4 Å². The molecule has 0 aromatic heterocycles. The van der Waals surface area contributed by atoms with Crippen molar-refractivity contribution >= 4 is 62.2 Å². The van der Waals surface area contributed by atoms with Gasteiger partial charge in [-0.3, -0.25) is 19.6 Å². The highest BCUT2D eigenvalue weighted by atomic mass is 35.5. The Balaban J connectivity index is 1.53. The van der Waals surface area contributed by atoms with Crippen molar-refractivity contribution in [3.8, 4) is 0 Å². The number of anilines is 1. The van der Waals surface area contributed by atoms with E-state index in [1.807, 2.05) is 17.0 Å². The van der Waals surface area contributed by atoms with Gasteiger partial charge < -0.3 is 4.90 Å². The topological polar surface area (TPSA) is 134 Å². The van der Waals surface area contributed by atoms with Crippen molar-refractivity contribution in [2.75, 3.05) is 4.72 Å². The maximum atomic E-state index is 13.4. The average molecular weight is 582 g/mol. The van der Waals surface area contributed by atoms with Gasteiger partial charge in [0.25, 0.3) is 21.6 Å². The minimum absolute atomic E-state index is 0.0436. The van der Waals surface area contributed by atoms with Crippen LogP contribution in [0.5, 0.6) is 0 Å². The molecule has 0 atom stereocenters. The Morgan fingerprint density at radius 1 is 1.05 bits per heavy atom. The Bertz CT molecular complexity index is 1770. The monoisotopic (exact) mass is 581 g/mol. The van der Waals surface area contributed by atoms with Gasteiger partial charge in [0, 0.05) is 24.4 Å². The van der Waals surface area contributed by atoms with E-state index in [9.17, 15) is 23.3 Å². The van der Waals surface area contributed by atoms with Crippen LogP contribution in [0.4, 0.5) is 11.4 Å². The molecule has 13 heteroatoms. The average Bonchev–Trinajstić information content (AvgIpc) is 3.04. The Morgan fingerprint density at radius 3 is 2.59 bits per heavy atom. The summed E-state index contributed by atoms with van der Waals surface area (Å²) in [5.74, 6) is -0.0676. The molecule has 2 heterocycles. The van der Waals surface area contributed by atoms with Crippen LogP contribution in [0.2, 0.25) is 5.02 Å². The molecule has 0 fully saturated rings. The van der Waals surface area contributed by atoms with Crippen LogP contribution in [0.25, 0.3) is 0 Å². The first kappa shape index (κ1) is 26.3. The number of para-hydroxylation sites is 1. The molecular weight excluding hydrogens is 565 g/mol. The number of nitrogens with one attached hydrogen (secondary N) is 1. The Labute approximate surface area is 232 Å². The predicted molar refractivity (Wildman–Crippen MR) is 149 cm³/mol. The summed E-state index contributed by atoms with van der Waals surface area (Å²) in [7, 11) is -4.33. The summed E-state index contributed by atoms with van der Waals surface area (Å²) < 4.78 is 28.5. The lowest BCUT2D eigenvalue weighted by Gasteiger charge is -2.21. The van der Waals surface area contributed by atoms with E-state index in [-0.39, 0.29) is 22.1 Å². The van der Waals surface area contributed by atoms with Gasteiger partial charge in [0.2, 0.25) is 0 Å². The van der Waals surface area contributed by atoms with E-state index < -0.39 is 31.4 Å². The second-order valence-electron chi connectivity index (χ2n) is 8.36. The van der Waals surface area contributed by atoms with E-state index >= 15 is 0 Å². The van der Waals surface area contributed by atoms with E-state index in [0.717, 1.165) is 23.8 Å². The molecule has 2 aliphatic rings. The molecule has 5 rings (SSSR count). The largest absolute Gasteiger partial charge is 0.327 e. The van der Waals surface area contributed by atoms with Gasteiger partial charge in [-0.15, -0.1) is 0 Å². The van der Waals surface area contributed by atoms with Crippen molar-refractivity contribution in [2.24, 2.45) is 9.98 Å². The highest BCUT2D eigenvalue weighted by Gasteiger charge is 2.25. The van der Waals surface area contributed by atoms with E-state index in [1.54, 1.807) is 36.6 Å². The van der Waals surface area contributed by atoms with Crippen molar-refractivity contribution in [1.82, 2.24) is 4.90 Å². The molecule has 0 radical (unpaired) electrons. The molecule has 1 amide bonds. The molecule has 39 heavy (non-hydrogen) atoms. The van der Waals surface area contributed by atoms with Crippen LogP contribution in [0.1, 0.15) is 21.5 Å². The van der Waals surface area contributed by atoms with Crippen molar-refractivity contribution in [3.63, 3.8) is 0 Å². The van der Waals surface area contributed by atoms with Crippen LogP contribution in [0.15, 0.2) is 105 Å². The smallest absolute Gasteiger partial charge is 0.289 e. The maximum Gasteiger partial charge on any atom is 0.289 e. The number of carbonyl (C=O) groups is 1. The number of fused-ring (bicyclic) bond motifs is 2. The minimum Gasteiger partial charge on any atom is -0.327 e. The number of nitrogens with zero attached hydrogens (tertiary/aromatic N) is 4. The number of nitro benzene ring substituents is 1. The van der Waals surface area contributed by atoms with E-state index in [1.165, 1.54) is 18.2 Å². The molecule has 3 aromatic carbocycles. The third-order valence-electron chi connectivity index (χ3n) is 5.82. The van der Waals surface area contributed by atoms with E-state index in [0.29, 0.717) is 23.0 Å². The molecule has 10 nitrogen and oxygen atoms in total. The lowest BCUT2D eigenvalue weighted by Crippen LogP contribution is -2.25. The predicted octanol–water partition coefficient (Wildman–Crippen LogP) is 5.50. The van der Waals surface area contributed by atoms with Crippen LogP contribution >= 0.6 is 23.2 Å². The number of aliphatic imine (C=N–C) groups is 2. The fourth-order valence-electron chi connectivity index (χ4n) is 3.97. The number of rotatable bonds is 5. The molecule has 0 aliphatic carbocycles. The van der Waals surface area contributed by atoms with Crippen molar-refractivity contribution in [3.05, 3.63) is 122 Å². The SMILES string of the molecule is O=C(N=C1N=C2C=CC(Cl)=CN2Cc2ccccc21)c1ccccc1NS(=O)(=O)c1ccc(Cl)c([N+](=O)[O-])c1. The second kappa shape index (κ2) is 10.4. The summed E-state index contributed by atoms with van der Waals surface area (Å²) >= 11 is 12.0. The molecule has 3 aromatic rings. The molecule has 0 saturated carbocycles. The molecule has 1 N–H and O–H groups in total. The van der Waals surface area contributed by atoms with Gasteiger partial charge in [-0.05, 0) is 42.0 Å². The number of carbonyl (C=O) groups excluding carboxylic acids is 1. The van der Waals surface area contributed by atoms with Crippen molar-refractivity contribution in [2.45, 2.75) is 11.4 Å². The first-order valence-electron chi connectivity index (χ1n) is 11.3. The Hall–Kier alpha value is -4.32. The van der Waals surface area contributed by atoms with Crippen LogP contribution in [-0.2, 0) is 16.6 Å². The molecule has 0 unspecified atom stereocenters. The number of halogens is 2. The molecule has 0 spiro atoms. The zero-order valence-electron chi connectivity index (χ0n) is 19.8. The van der Waals surface area contributed by atoms with Crippen LogP contribution in [0, 0.1) is 10.1 Å². The third-order valence-corrected chi connectivity index (χ3v) is 7.72. The van der Waals surface area contributed by atoms with Gasteiger partial charge in [0.1, 0.15) is 10.9 Å². The van der Waals surface area contributed by atoms with E-state index in [2.05, 4.69) is 14.7 Å². The third kappa shape index (κ3) is 5.46. The number of allylic oxidation sites excluding steroid dienone is 2. The summed E-state index contributed by atoms with van der Waals surface area (Å²) in [6.45, 7) is 0.451. The molecular formula is C26H17Cl2N5O5S. The maximum absolute atomic E-state index is 13.4. The highest BCUT2D eigenvalue weighted by Crippen LogP contribution is 2.29. The summed E-state index contributed by atoms with van der Waals surface area (Å²) in [6, 6.07) is 16.3. The summed E-state index contributed by atoms with van der Waals surface area (Å²) in [5.41, 5.74) is 0.823. The first-order chi connectivity index (χ1) is 18.6. The van der Waals surface area contributed by atoms with Crippen LogP contribution < -0.4 is 4.72 Å². The van der Waals surface area contributed by atoms with Gasteiger partial charge >= 0.3 is 0 Å². The summed E-state index contributed by atoms with van der Waals surface area (Å²) in [6.07, 6.45) is 5.12. The number of sulfonamides is 1. The van der Waals surface area contributed by atoms with Crippen LogP contribution in [-0.4, -0.2) is 35.8 Å². The standard InChI is InChI=1S/C26H17Cl2N5O5S/c27-17-9-12-24-29-25(19-6-2-1-5-16(19)14-32(24)15-17)30-26(34)20-7-3-4-8-22(20)31-39(37,38)18-10-11-21(28)23(13-18)33(35)36/h1-13,15,31H,14H2. The highest BCUT2D eigenvalue weighted by molar-refractivity contribution is 7.92. The van der Waals surface area contributed by atoms with Gasteiger partial charge in [0.05, 0.1) is 26.1 Å². The zero-order chi connectivity index (χ0) is 27.7. The molecule has 0 bridgehead atoms. The lowest BCUT2D eigenvalue weighted by molar-refractivity contribution is -0.384. The number of nitro groups is 1. The number of amides is 1. The first-order valence-corrected chi connectivity index (χ1v) is 13.5. The summed E-state index contributed by atoms with van der Waals surface area (Å²) in [5, 5.41) is 11.5. The fraction of sp³-hybridized carbons (Fsp3) is 0.0385. The van der Waals surface area contributed by atoms with Crippen molar-refractivity contribution < 1.29 is 18.1 Å². The van der Waals surface area contributed by atoms with Gasteiger partial charge in [-0.2, -0.15) is 4.99 Å². The van der Waals surface area contributed by atoms with Crippen LogP contribution in [0.3, 0.4) is 0 Å². The number of hydrogen-bond acceptors (Lipinski definition) is 6. The Kier molecular flexibility index (Phi) is 7.04. The number of amidine groups is 2. The van der Waals surface area contributed by atoms with E-state index in [4.69, 9.17) is 23.2 Å². The molecule has 196 valence electrons. The normalized spacial score (nSPS) is 15.5. The second-order valence-corrected chi connectivity index (χ2v) is 10.9. The summed E-state index contributed by atoms with van der Waals surface area (Å²) in [4.78, 5) is 34.2. The van der Waals surface area contributed by atoms with Gasteiger partial charge in [0.15, 0.2) is 5.84 Å². The quantitative estimate of drug-likeness (QED) is 0.312. The lowest BCUT2D eigenvalue weighted by atomic mass is 10.1. The minimum atomic E-state index is -4.33. The molecule has 0 saturated heterocycles. The Morgan fingerprint density at radius 2 is 1.79 bits per heavy atom.